The monoisotopic (exact) mass is 270 g/mol. The molecule has 2 aromatic rings. The number of rotatable bonds is 0. The van der Waals surface area contributed by atoms with Crippen LogP contribution < -0.4 is 10.4 Å². The maximum Gasteiger partial charge on any atom is 0.336 e. The van der Waals surface area contributed by atoms with Gasteiger partial charge in [0.15, 0.2) is 6.10 Å². The van der Waals surface area contributed by atoms with Crippen molar-refractivity contribution in [3.63, 3.8) is 0 Å². The van der Waals surface area contributed by atoms with Gasteiger partial charge in [-0.2, -0.15) is 0 Å². The van der Waals surface area contributed by atoms with E-state index >= 15 is 0 Å². The fourth-order valence-corrected chi connectivity index (χ4v) is 2.75. The number of carbonyl (C=O) groups is 1. The number of benzene rings is 1. The molecule has 0 unspecified atom stereocenters. The first-order chi connectivity index (χ1) is 9.65. The Morgan fingerprint density at radius 3 is 2.80 bits per heavy atom. The van der Waals surface area contributed by atoms with Gasteiger partial charge in [-0.1, -0.05) is 0 Å². The number of esters is 1. The van der Waals surface area contributed by atoms with Gasteiger partial charge in [0.2, 0.25) is 0 Å². The molecule has 0 saturated heterocycles. The number of carbonyl (C=O) groups excluding carboxylic acids is 1. The average molecular weight is 270 g/mol. The van der Waals surface area contributed by atoms with Gasteiger partial charge < -0.3 is 13.9 Å². The minimum absolute atomic E-state index is 0.286. The summed E-state index contributed by atoms with van der Waals surface area (Å²) in [6, 6.07) is 6.70. The van der Waals surface area contributed by atoms with Crippen molar-refractivity contribution in [2.75, 3.05) is 6.61 Å². The standard InChI is InChI=1S/C15H10O5/c1-7-12-10(19-15(7)17)6-18-9-4-2-8-3-5-11(16)20-14(8)13(9)12/h2-5,10H,6H2,1H3/t10-/m0/s1. The molecule has 100 valence electrons. The van der Waals surface area contributed by atoms with Crippen molar-refractivity contribution >= 4 is 22.5 Å². The number of hydrogen-bond acceptors (Lipinski definition) is 5. The van der Waals surface area contributed by atoms with E-state index in [9.17, 15) is 9.59 Å². The Labute approximate surface area is 113 Å². The van der Waals surface area contributed by atoms with Gasteiger partial charge in [-0.15, -0.1) is 0 Å². The molecule has 0 saturated carbocycles. The topological polar surface area (TPSA) is 65.7 Å². The molecule has 1 aromatic carbocycles. The largest absolute Gasteiger partial charge is 0.489 e. The van der Waals surface area contributed by atoms with Crippen molar-refractivity contribution < 1.29 is 18.7 Å². The zero-order chi connectivity index (χ0) is 13.9. The molecule has 4 rings (SSSR count). The van der Waals surface area contributed by atoms with Crippen LogP contribution in [-0.2, 0) is 9.53 Å². The van der Waals surface area contributed by atoms with E-state index in [0.717, 1.165) is 11.0 Å². The molecule has 2 aliphatic rings. The third kappa shape index (κ3) is 1.37. The normalized spacial score (nSPS) is 20.4. The molecule has 2 aliphatic heterocycles. The molecule has 0 fully saturated rings. The van der Waals surface area contributed by atoms with E-state index in [1.807, 2.05) is 12.1 Å². The lowest BCUT2D eigenvalue weighted by Crippen LogP contribution is -2.25. The van der Waals surface area contributed by atoms with Crippen LogP contribution in [-0.4, -0.2) is 18.7 Å². The number of hydrogen-bond donors (Lipinski definition) is 0. The Hall–Kier alpha value is -2.56. The van der Waals surface area contributed by atoms with E-state index in [2.05, 4.69) is 0 Å². The fraction of sp³-hybridized carbons (Fsp3) is 0.200. The summed E-state index contributed by atoms with van der Waals surface area (Å²) in [6.07, 6.45) is -0.425. The van der Waals surface area contributed by atoms with Crippen molar-refractivity contribution in [1.82, 2.24) is 0 Å². The SMILES string of the molecule is CC1=C2c3c(ccc4ccc(=O)oc34)OC[C@@H]2OC1=O. The molecule has 5 nitrogen and oxygen atoms in total. The second-order valence-corrected chi connectivity index (χ2v) is 4.86. The molecule has 0 N–H and O–H groups in total. The van der Waals surface area contributed by atoms with Crippen LogP contribution >= 0.6 is 0 Å². The van der Waals surface area contributed by atoms with Crippen LogP contribution in [0.5, 0.6) is 5.75 Å². The summed E-state index contributed by atoms with van der Waals surface area (Å²) in [7, 11) is 0. The Bertz CT molecular complexity index is 843. The highest BCUT2D eigenvalue weighted by molar-refractivity contribution is 6.07. The zero-order valence-corrected chi connectivity index (χ0v) is 10.6. The molecular formula is C15H10O5. The van der Waals surface area contributed by atoms with Gasteiger partial charge in [-0.05, 0) is 25.1 Å². The van der Waals surface area contributed by atoms with Crippen LogP contribution in [0.15, 0.2) is 39.1 Å². The van der Waals surface area contributed by atoms with E-state index in [0.29, 0.717) is 22.5 Å². The van der Waals surface area contributed by atoms with Crippen molar-refractivity contribution in [3.05, 3.63) is 45.8 Å². The predicted molar refractivity (Wildman–Crippen MR) is 70.5 cm³/mol. The first-order valence-corrected chi connectivity index (χ1v) is 6.27. The fourth-order valence-electron chi connectivity index (χ4n) is 2.75. The Balaban J connectivity index is 2.14. The van der Waals surface area contributed by atoms with Crippen LogP contribution in [0.2, 0.25) is 0 Å². The molecular weight excluding hydrogens is 260 g/mol. The molecule has 0 bridgehead atoms. The van der Waals surface area contributed by atoms with Crippen molar-refractivity contribution in [2.24, 2.45) is 0 Å². The zero-order valence-electron chi connectivity index (χ0n) is 10.6. The van der Waals surface area contributed by atoms with Crippen LogP contribution in [0.4, 0.5) is 0 Å². The first-order valence-electron chi connectivity index (χ1n) is 6.27. The van der Waals surface area contributed by atoms with E-state index in [1.165, 1.54) is 6.07 Å². The smallest absolute Gasteiger partial charge is 0.336 e. The molecule has 0 aliphatic carbocycles. The van der Waals surface area contributed by atoms with E-state index in [-0.39, 0.29) is 12.6 Å². The van der Waals surface area contributed by atoms with Gasteiger partial charge in [-0.25, -0.2) is 9.59 Å². The van der Waals surface area contributed by atoms with E-state index in [1.54, 1.807) is 13.0 Å². The van der Waals surface area contributed by atoms with Crippen LogP contribution in [0.3, 0.4) is 0 Å². The van der Waals surface area contributed by atoms with Gasteiger partial charge in [0.05, 0.1) is 5.56 Å². The number of ether oxygens (including phenoxy) is 2. The quantitative estimate of drug-likeness (QED) is 0.540. The summed E-state index contributed by atoms with van der Waals surface area (Å²) in [4.78, 5) is 23.2. The second-order valence-electron chi connectivity index (χ2n) is 4.86. The second kappa shape index (κ2) is 3.72. The van der Waals surface area contributed by atoms with Crippen molar-refractivity contribution in [1.29, 1.82) is 0 Å². The lowest BCUT2D eigenvalue weighted by Gasteiger charge is -2.24. The first kappa shape index (κ1) is 11.3. The third-order valence-electron chi connectivity index (χ3n) is 3.69. The minimum Gasteiger partial charge on any atom is -0.489 e. The Kier molecular flexibility index (Phi) is 2.10. The summed E-state index contributed by atoms with van der Waals surface area (Å²) in [5.41, 5.74) is 1.96. The molecule has 0 amide bonds. The van der Waals surface area contributed by atoms with E-state index < -0.39 is 11.7 Å². The highest BCUT2D eigenvalue weighted by Gasteiger charge is 2.39. The molecule has 0 radical (unpaired) electrons. The van der Waals surface area contributed by atoms with Gasteiger partial charge in [-0.3, -0.25) is 0 Å². The van der Waals surface area contributed by atoms with Gasteiger partial charge in [0, 0.05) is 22.6 Å². The lowest BCUT2D eigenvalue weighted by molar-refractivity contribution is -0.140. The lowest BCUT2D eigenvalue weighted by atomic mass is 9.93. The molecule has 0 spiro atoms. The van der Waals surface area contributed by atoms with Gasteiger partial charge >= 0.3 is 11.6 Å². The Morgan fingerprint density at radius 2 is 1.95 bits per heavy atom. The molecule has 1 atom stereocenters. The summed E-state index contributed by atoms with van der Waals surface area (Å²) in [5.74, 6) is 0.257. The number of fused-ring (bicyclic) bond motifs is 5. The van der Waals surface area contributed by atoms with Gasteiger partial charge in [0.1, 0.15) is 17.9 Å². The molecule has 5 heteroatoms. The summed E-state index contributed by atoms with van der Waals surface area (Å²) in [5, 5.41) is 0.784. The third-order valence-corrected chi connectivity index (χ3v) is 3.69. The van der Waals surface area contributed by atoms with Crippen molar-refractivity contribution in [3.8, 4) is 5.75 Å². The average Bonchev–Trinajstić information content (AvgIpc) is 2.74. The maximum absolute atomic E-state index is 11.7. The highest BCUT2D eigenvalue weighted by atomic mass is 16.6. The van der Waals surface area contributed by atoms with Crippen LogP contribution in [0.25, 0.3) is 16.5 Å². The van der Waals surface area contributed by atoms with Gasteiger partial charge in [0.25, 0.3) is 0 Å². The molecule has 20 heavy (non-hydrogen) atoms. The van der Waals surface area contributed by atoms with Crippen molar-refractivity contribution in [2.45, 2.75) is 13.0 Å². The molecule has 1 aromatic heterocycles. The summed E-state index contributed by atoms with van der Waals surface area (Å²) < 4.78 is 16.2. The molecule has 3 heterocycles. The van der Waals surface area contributed by atoms with Crippen LogP contribution in [0, 0.1) is 0 Å². The van der Waals surface area contributed by atoms with E-state index in [4.69, 9.17) is 13.9 Å². The summed E-state index contributed by atoms with van der Waals surface area (Å²) in [6.45, 7) is 2.00. The maximum atomic E-state index is 11.7. The predicted octanol–water partition coefficient (Wildman–Crippen LogP) is 1.88. The minimum atomic E-state index is -0.434. The highest BCUT2D eigenvalue weighted by Crippen LogP contribution is 2.43. The Morgan fingerprint density at radius 1 is 1.15 bits per heavy atom. The summed E-state index contributed by atoms with van der Waals surface area (Å²) >= 11 is 0. The van der Waals surface area contributed by atoms with Crippen LogP contribution in [0.1, 0.15) is 12.5 Å².